The summed E-state index contributed by atoms with van der Waals surface area (Å²) >= 11 is 0. The summed E-state index contributed by atoms with van der Waals surface area (Å²) in [7, 11) is 0. The highest BCUT2D eigenvalue weighted by Gasteiger charge is 2.15. The van der Waals surface area contributed by atoms with Gasteiger partial charge in [0.25, 0.3) is 0 Å². The van der Waals surface area contributed by atoms with Crippen molar-refractivity contribution >= 4 is 5.78 Å². The lowest BCUT2D eigenvalue weighted by Gasteiger charge is -2.10. The Balaban J connectivity index is 1.68. The van der Waals surface area contributed by atoms with Gasteiger partial charge in [-0.15, -0.1) is 0 Å². The first-order valence-corrected chi connectivity index (χ1v) is 7.89. The number of Topliss-reactive ketones (excluding diaryl/α,β-unsaturated/α-hetero) is 1. The van der Waals surface area contributed by atoms with Crippen molar-refractivity contribution in [2.45, 2.75) is 44.4 Å². The van der Waals surface area contributed by atoms with Crippen molar-refractivity contribution in [3.63, 3.8) is 0 Å². The molecule has 1 heterocycles. The number of ketones is 1. The van der Waals surface area contributed by atoms with Gasteiger partial charge < -0.3 is 20.3 Å². The Bertz CT molecular complexity index is 454. The van der Waals surface area contributed by atoms with Crippen molar-refractivity contribution in [2.75, 3.05) is 19.8 Å². The number of hydrogen-bond donors (Lipinski definition) is 2. The van der Waals surface area contributed by atoms with E-state index < -0.39 is 12.6 Å². The summed E-state index contributed by atoms with van der Waals surface area (Å²) in [5.41, 5.74) is 8.02. The third-order valence-corrected chi connectivity index (χ3v) is 3.89. The topological polar surface area (TPSA) is 81.8 Å². The molecule has 1 atom stereocenters. The smallest absolute Gasteiger partial charge is 0.175 e. The van der Waals surface area contributed by atoms with Crippen LogP contribution in [0.3, 0.4) is 0 Å². The number of hydrogen-bond acceptors (Lipinski definition) is 5. The van der Waals surface area contributed by atoms with Crippen molar-refractivity contribution < 1.29 is 19.4 Å². The molecule has 122 valence electrons. The van der Waals surface area contributed by atoms with Gasteiger partial charge in [0.15, 0.2) is 12.1 Å². The molecule has 5 heteroatoms. The number of aliphatic hydroxyl groups is 1. The van der Waals surface area contributed by atoms with E-state index in [-0.39, 0.29) is 12.1 Å². The van der Waals surface area contributed by atoms with Crippen LogP contribution >= 0.6 is 0 Å². The van der Waals surface area contributed by atoms with Crippen LogP contribution in [0.1, 0.15) is 30.4 Å². The predicted molar refractivity (Wildman–Crippen MR) is 83.5 cm³/mol. The maximum absolute atomic E-state index is 11.3. The Morgan fingerprint density at radius 2 is 1.82 bits per heavy atom. The second-order valence-electron chi connectivity index (χ2n) is 5.67. The van der Waals surface area contributed by atoms with Gasteiger partial charge in [-0.1, -0.05) is 24.3 Å². The summed E-state index contributed by atoms with van der Waals surface area (Å²) in [5.74, 6) is -0.319. The lowest BCUT2D eigenvalue weighted by molar-refractivity contribution is -0.122. The van der Waals surface area contributed by atoms with E-state index in [1.54, 1.807) is 0 Å². The van der Waals surface area contributed by atoms with Crippen LogP contribution in [0.25, 0.3) is 0 Å². The quantitative estimate of drug-likeness (QED) is 0.670. The largest absolute Gasteiger partial charge is 0.389 e. The summed E-state index contributed by atoms with van der Waals surface area (Å²) in [4.78, 5) is 11.3. The molecule has 1 aliphatic rings. The van der Waals surface area contributed by atoms with Gasteiger partial charge in [0, 0.05) is 0 Å². The molecule has 0 aromatic heterocycles. The zero-order valence-corrected chi connectivity index (χ0v) is 12.9. The summed E-state index contributed by atoms with van der Waals surface area (Å²) in [6, 6.07) is 7.54. The van der Waals surface area contributed by atoms with Gasteiger partial charge in [-0.05, 0) is 43.2 Å². The van der Waals surface area contributed by atoms with Gasteiger partial charge in [0.1, 0.15) is 6.61 Å². The third kappa shape index (κ3) is 5.50. The molecule has 2 rings (SSSR count). The number of unbranched alkanes of at least 4 members (excludes halogenated alkanes) is 1. The van der Waals surface area contributed by atoms with Gasteiger partial charge >= 0.3 is 0 Å². The Morgan fingerprint density at radius 3 is 2.45 bits per heavy atom. The molecule has 1 aliphatic heterocycles. The monoisotopic (exact) mass is 307 g/mol. The standard InChI is InChI=1S/C17H25NO4/c18-15(16(20)12-19)11-14-7-5-13(6-8-14)3-1-2-4-17-21-9-10-22-17/h5-8,15,17,19H,1-4,9-12,18H2. The molecule has 3 N–H and O–H groups in total. The van der Waals surface area contributed by atoms with Gasteiger partial charge in [-0.25, -0.2) is 0 Å². The number of rotatable bonds is 9. The van der Waals surface area contributed by atoms with E-state index >= 15 is 0 Å². The van der Waals surface area contributed by atoms with Crippen molar-refractivity contribution in [2.24, 2.45) is 5.73 Å². The average molecular weight is 307 g/mol. The number of carbonyl (C=O) groups is 1. The van der Waals surface area contributed by atoms with Crippen LogP contribution in [0, 0.1) is 0 Å². The van der Waals surface area contributed by atoms with Crippen LogP contribution < -0.4 is 5.73 Å². The highest BCUT2D eigenvalue weighted by molar-refractivity contribution is 5.84. The summed E-state index contributed by atoms with van der Waals surface area (Å²) < 4.78 is 10.8. The molecule has 0 bridgehead atoms. The van der Waals surface area contributed by atoms with Crippen LogP contribution in [-0.2, 0) is 27.1 Å². The number of aryl methyl sites for hydroxylation is 1. The van der Waals surface area contributed by atoms with Crippen molar-refractivity contribution in [1.82, 2.24) is 0 Å². The molecule has 1 unspecified atom stereocenters. The molecule has 0 radical (unpaired) electrons. The first-order chi connectivity index (χ1) is 10.7. The van der Waals surface area contributed by atoms with Crippen LogP contribution in [0.5, 0.6) is 0 Å². The summed E-state index contributed by atoms with van der Waals surface area (Å²) in [6.45, 7) is 0.938. The Kier molecular flexibility index (Phi) is 6.99. The zero-order chi connectivity index (χ0) is 15.8. The zero-order valence-electron chi connectivity index (χ0n) is 12.9. The third-order valence-electron chi connectivity index (χ3n) is 3.89. The molecule has 1 fully saturated rings. The highest BCUT2D eigenvalue weighted by atomic mass is 16.7. The van der Waals surface area contributed by atoms with E-state index in [1.165, 1.54) is 5.56 Å². The van der Waals surface area contributed by atoms with E-state index in [2.05, 4.69) is 12.1 Å². The fourth-order valence-corrected chi connectivity index (χ4v) is 2.54. The second kappa shape index (κ2) is 9.00. The Morgan fingerprint density at radius 1 is 1.18 bits per heavy atom. The Labute approximate surface area is 131 Å². The molecule has 0 amide bonds. The molecule has 0 spiro atoms. The second-order valence-corrected chi connectivity index (χ2v) is 5.67. The van der Waals surface area contributed by atoms with Crippen LogP contribution in [0.15, 0.2) is 24.3 Å². The van der Waals surface area contributed by atoms with Gasteiger partial charge in [0.05, 0.1) is 19.3 Å². The number of benzene rings is 1. The highest BCUT2D eigenvalue weighted by Crippen LogP contribution is 2.14. The molecule has 1 aromatic carbocycles. The van der Waals surface area contributed by atoms with Gasteiger partial charge in [0.2, 0.25) is 0 Å². The molecule has 1 saturated heterocycles. The van der Waals surface area contributed by atoms with Crippen molar-refractivity contribution in [3.8, 4) is 0 Å². The lowest BCUT2D eigenvalue weighted by Crippen LogP contribution is -2.34. The summed E-state index contributed by atoms with van der Waals surface area (Å²) in [6.07, 6.45) is 4.63. The van der Waals surface area contributed by atoms with E-state index in [4.69, 9.17) is 20.3 Å². The van der Waals surface area contributed by atoms with E-state index in [0.29, 0.717) is 19.6 Å². The number of ether oxygens (including phenoxy) is 2. The van der Waals surface area contributed by atoms with E-state index in [0.717, 1.165) is 31.2 Å². The molecule has 0 aliphatic carbocycles. The number of aliphatic hydroxyl groups excluding tert-OH is 1. The number of carbonyl (C=O) groups excluding carboxylic acids is 1. The maximum Gasteiger partial charge on any atom is 0.175 e. The van der Waals surface area contributed by atoms with Crippen molar-refractivity contribution in [3.05, 3.63) is 35.4 Å². The first-order valence-electron chi connectivity index (χ1n) is 7.89. The average Bonchev–Trinajstić information content (AvgIpc) is 3.05. The molecule has 1 aromatic rings. The minimum absolute atomic E-state index is 0.00655. The van der Waals surface area contributed by atoms with Gasteiger partial charge in [-0.3, -0.25) is 4.79 Å². The Hall–Kier alpha value is -1.27. The molecule has 22 heavy (non-hydrogen) atoms. The van der Waals surface area contributed by atoms with E-state index in [9.17, 15) is 4.79 Å². The van der Waals surface area contributed by atoms with Gasteiger partial charge in [-0.2, -0.15) is 0 Å². The molecule has 5 nitrogen and oxygen atoms in total. The van der Waals surface area contributed by atoms with Crippen LogP contribution in [0.4, 0.5) is 0 Å². The lowest BCUT2D eigenvalue weighted by atomic mass is 10.0. The predicted octanol–water partition coefficient (Wildman–Crippen LogP) is 1.20. The SMILES string of the molecule is NC(Cc1ccc(CCCCC2OCCO2)cc1)C(=O)CO. The first kappa shape index (κ1) is 17.1. The number of nitrogens with two attached hydrogens (primary N) is 1. The molecular formula is C17H25NO4. The molecular weight excluding hydrogens is 282 g/mol. The summed E-state index contributed by atoms with van der Waals surface area (Å²) in [5, 5.41) is 8.78. The van der Waals surface area contributed by atoms with Crippen molar-refractivity contribution in [1.29, 1.82) is 0 Å². The molecule has 0 saturated carbocycles. The maximum atomic E-state index is 11.3. The normalized spacial score (nSPS) is 16.8. The fraction of sp³-hybridized carbons (Fsp3) is 0.588. The minimum Gasteiger partial charge on any atom is -0.389 e. The minimum atomic E-state index is -0.623. The fourth-order valence-electron chi connectivity index (χ4n) is 2.54. The van der Waals surface area contributed by atoms with Crippen LogP contribution in [-0.4, -0.2) is 43.0 Å². The van der Waals surface area contributed by atoms with Crippen LogP contribution in [0.2, 0.25) is 0 Å². The van der Waals surface area contributed by atoms with E-state index in [1.807, 2.05) is 12.1 Å².